The molecule has 2 rings (SSSR count). The van der Waals surface area contributed by atoms with E-state index in [9.17, 15) is 12.8 Å². The Morgan fingerprint density at radius 3 is 2.71 bits per heavy atom. The van der Waals surface area contributed by atoms with E-state index in [0.717, 1.165) is 16.4 Å². The van der Waals surface area contributed by atoms with Crippen molar-refractivity contribution in [3.63, 3.8) is 0 Å². The van der Waals surface area contributed by atoms with Crippen LogP contribution in [-0.4, -0.2) is 28.8 Å². The van der Waals surface area contributed by atoms with Gasteiger partial charge < -0.3 is 0 Å². The van der Waals surface area contributed by atoms with E-state index in [2.05, 4.69) is 10.1 Å². The van der Waals surface area contributed by atoms with Crippen LogP contribution in [0.2, 0.25) is 5.02 Å². The predicted molar refractivity (Wildman–Crippen MR) is 60.7 cm³/mol. The van der Waals surface area contributed by atoms with Gasteiger partial charge in [0.15, 0.2) is 5.82 Å². The number of aromatic nitrogens is 3. The fourth-order valence-electron chi connectivity index (χ4n) is 1.22. The minimum atomic E-state index is -3.48. The van der Waals surface area contributed by atoms with Crippen LogP contribution in [0.5, 0.6) is 0 Å². The number of hydrogen-bond acceptors (Lipinski definition) is 4. The minimum absolute atomic E-state index is 0.0446. The van der Waals surface area contributed by atoms with Crippen molar-refractivity contribution < 1.29 is 12.8 Å². The van der Waals surface area contributed by atoms with Gasteiger partial charge in [-0.05, 0) is 12.1 Å². The lowest BCUT2D eigenvalue weighted by Crippen LogP contribution is -2.10. The van der Waals surface area contributed by atoms with Gasteiger partial charge in [-0.25, -0.2) is 17.8 Å². The van der Waals surface area contributed by atoms with Crippen LogP contribution in [-0.2, 0) is 10.0 Å². The highest BCUT2D eigenvalue weighted by atomic mass is 35.5. The highest BCUT2D eigenvalue weighted by Gasteiger charge is 2.13. The summed E-state index contributed by atoms with van der Waals surface area (Å²) in [7, 11) is -3.48. The van der Waals surface area contributed by atoms with Crippen LogP contribution in [0.3, 0.4) is 0 Å². The van der Waals surface area contributed by atoms with Crippen LogP contribution in [0.15, 0.2) is 24.5 Å². The first-order valence-electron chi connectivity index (χ1n) is 4.45. The van der Waals surface area contributed by atoms with E-state index in [4.69, 9.17) is 11.6 Å². The summed E-state index contributed by atoms with van der Waals surface area (Å²) < 4.78 is 36.6. The molecular weight excluding hydrogens is 269 g/mol. The van der Waals surface area contributed by atoms with Crippen LogP contribution in [0.25, 0.3) is 11.4 Å². The van der Waals surface area contributed by atoms with E-state index in [0.29, 0.717) is 0 Å². The van der Waals surface area contributed by atoms with Crippen LogP contribution in [0.4, 0.5) is 4.39 Å². The van der Waals surface area contributed by atoms with E-state index >= 15 is 0 Å². The second kappa shape index (κ2) is 4.08. The Kier molecular flexibility index (Phi) is 2.88. The molecule has 8 heteroatoms. The third-order valence-electron chi connectivity index (χ3n) is 1.96. The van der Waals surface area contributed by atoms with Gasteiger partial charge >= 0.3 is 0 Å². The fourth-order valence-corrected chi connectivity index (χ4v) is 1.88. The monoisotopic (exact) mass is 275 g/mol. The molecule has 0 spiro atoms. The lowest BCUT2D eigenvalue weighted by Gasteiger charge is -1.99. The van der Waals surface area contributed by atoms with Gasteiger partial charge in [0.2, 0.25) is 0 Å². The fraction of sp³-hybridized carbons (Fsp3) is 0.111. The van der Waals surface area contributed by atoms with Crippen molar-refractivity contribution in [3.05, 3.63) is 35.4 Å². The van der Waals surface area contributed by atoms with Gasteiger partial charge in [0.25, 0.3) is 10.0 Å². The molecule has 0 N–H and O–H groups in total. The van der Waals surface area contributed by atoms with E-state index in [1.165, 1.54) is 18.5 Å². The SMILES string of the molecule is CS(=O)(=O)n1ccc(-c2ncc(Cl)cc2F)n1. The summed E-state index contributed by atoms with van der Waals surface area (Å²) in [6, 6.07) is 2.45. The third-order valence-corrected chi connectivity index (χ3v) is 3.05. The predicted octanol–water partition coefficient (Wildman–Crippen LogP) is 1.55. The molecule has 2 heterocycles. The average molecular weight is 276 g/mol. The molecular formula is C9H7ClFN3O2S. The number of rotatable bonds is 2. The molecule has 0 aromatic carbocycles. The summed E-state index contributed by atoms with van der Waals surface area (Å²) in [5.41, 5.74) is 0.0846. The number of hydrogen-bond donors (Lipinski definition) is 0. The zero-order chi connectivity index (χ0) is 12.6. The Balaban J connectivity index is 2.51. The topological polar surface area (TPSA) is 64.8 Å². The van der Waals surface area contributed by atoms with Gasteiger partial charge in [0.05, 0.1) is 11.3 Å². The van der Waals surface area contributed by atoms with Crippen molar-refractivity contribution in [2.75, 3.05) is 6.26 Å². The van der Waals surface area contributed by atoms with Gasteiger partial charge in [0, 0.05) is 12.4 Å². The molecule has 0 aliphatic rings. The highest BCUT2D eigenvalue weighted by Crippen LogP contribution is 2.21. The first-order valence-corrected chi connectivity index (χ1v) is 6.68. The van der Waals surface area contributed by atoms with E-state index in [1.807, 2.05) is 0 Å². The molecule has 0 bridgehead atoms. The van der Waals surface area contributed by atoms with Crippen molar-refractivity contribution in [1.82, 2.24) is 14.2 Å². The van der Waals surface area contributed by atoms with Crippen LogP contribution < -0.4 is 0 Å². The van der Waals surface area contributed by atoms with Gasteiger partial charge in [-0.15, -0.1) is 0 Å². The average Bonchev–Trinajstić information content (AvgIpc) is 2.65. The summed E-state index contributed by atoms with van der Waals surface area (Å²) >= 11 is 5.56. The van der Waals surface area contributed by atoms with Crippen molar-refractivity contribution in [3.8, 4) is 11.4 Å². The molecule has 0 amide bonds. The minimum Gasteiger partial charge on any atom is -0.250 e. The normalized spacial score (nSPS) is 11.7. The first-order chi connectivity index (χ1) is 7.88. The Morgan fingerprint density at radius 2 is 2.18 bits per heavy atom. The molecule has 0 atom stereocenters. The lowest BCUT2D eigenvalue weighted by molar-refractivity contribution is 0.586. The summed E-state index contributed by atoms with van der Waals surface area (Å²) in [4.78, 5) is 3.77. The maximum atomic E-state index is 13.5. The first kappa shape index (κ1) is 12.0. The van der Waals surface area contributed by atoms with Crippen LogP contribution in [0.1, 0.15) is 0 Å². The maximum Gasteiger partial charge on any atom is 0.250 e. The Hall–Kier alpha value is -1.47. The summed E-state index contributed by atoms with van der Waals surface area (Å²) in [6.45, 7) is 0. The van der Waals surface area contributed by atoms with Gasteiger partial charge in [-0.3, -0.25) is 0 Å². The van der Waals surface area contributed by atoms with Crippen molar-refractivity contribution in [2.45, 2.75) is 0 Å². The second-order valence-corrected chi connectivity index (χ2v) is 5.60. The van der Waals surface area contributed by atoms with Crippen molar-refractivity contribution in [1.29, 1.82) is 0 Å². The molecule has 2 aromatic rings. The largest absolute Gasteiger partial charge is 0.250 e. The maximum absolute atomic E-state index is 13.5. The highest BCUT2D eigenvalue weighted by molar-refractivity contribution is 7.89. The quantitative estimate of drug-likeness (QED) is 0.834. The van der Waals surface area contributed by atoms with Gasteiger partial charge in [-0.1, -0.05) is 11.6 Å². The molecule has 2 aromatic heterocycles. The van der Waals surface area contributed by atoms with Gasteiger partial charge in [0.1, 0.15) is 11.4 Å². The van der Waals surface area contributed by atoms with Crippen molar-refractivity contribution in [2.24, 2.45) is 0 Å². The Morgan fingerprint density at radius 1 is 1.47 bits per heavy atom. The molecule has 0 saturated carbocycles. The molecule has 5 nitrogen and oxygen atoms in total. The summed E-state index contributed by atoms with van der Waals surface area (Å²) in [5, 5.41) is 3.89. The second-order valence-electron chi connectivity index (χ2n) is 3.32. The molecule has 0 unspecified atom stereocenters. The van der Waals surface area contributed by atoms with E-state index in [-0.39, 0.29) is 16.4 Å². The number of nitrogens with zero attached hydrogens (tertiary/aromatic N) is 3. The molecule has 90 valence electrons. The summed E-state index contributed by atoms with van der Waals surface area (Å²) in [5.74, 6) is -0.656. The Bertz CT molecular complexity index is 669. The molecule has 0 aliphatic carbocycles. The smallest absolute Gasteiger partial charge is 0.250 e. The van der Waals surface area contributed by atoms with Crippen molar-refractivity contribution >= 4 is 21.6 Å². The Labute approximate surface area is 102 Å². The number of halogens is 2. The van der Waals surface area contributed by atoms with E-state index in [1.54, 1.807) is 0 Å². The molecule has 0 radical (unpaired) electrons. The molecule has 0 aliphatic heterocycles. The van der Waals surface area contributed by atoms with Crippen LogP contribution in [0, 0.1) is 5.82 Å². The van der Waals surface area contributed by atoms with E-state index < -0.39 is 15.8 Å². The summed E-state index contributed by atoms with van der Waals surface area (Å²) in [6.07, 6.45) is 3.48. The standard InChI is InChI=1S/C9H7ClFN3O2S/c1-17(15,16)14-3-2-8(13-14)9-7(11)4-6(10)5-12-9/h2-5H,1H3. The third kappa shape index (κ3) is 2.45. The molecule has 0 fully saturated rings. The lowest BCUT2D eigenvalue weighted by atomic mass is 10.2. The molecule has 0 saturated heterocycles. The zero-order valence-corrected chi connectivity index (χ0v) is 10.2. The van der Waals surface area contributed by atoms with Gasteiger partial charge in [-0.2, -0.15) is 9.19 Å². The molecule has 17 heavy (non-hydrogen) atoms. The number of pyridine rings is 1. The zero-order valence-electron chi connectivity index (χ0n) is 8.63. The van der Waals surface area contributed by atoms with Crippen LogP contribution >= 0.6 is 11.6 Å².